The Morgan fingerprint density at radius 1 is 1.56 bits per heavy atom. The van der Waals surface area contributed by atoms with Gasteiger partial charge in [0.05, 0.1) is 11.7 Å². The predicted octanol–water partition coefficient (Wildman–Crippen LogP) is 3.52. The van der Waals surface area contributed by atoms with E-state index >= 15 is 0 Å². The van der Waals surface area contributed by atoms with Crippen LogP contribution in [0.5, 0.6) is 0 Å². The Kier molecular flexibility index (Phi) is 7.49. The van der Waals surface area contributed by atoms with Crippen molar-refractivity contribution in [1.82, 2.24) is 9.78 Å². The topological polar surface area (TPSA) is 30.2 Å². The number of aryl methyl sites for hydroxylation is 1. The molecule has 1 unspecified atom stereocenters. The molecule has 0 aliphatic carbocycles. The van der Waals surface area contributed by atoms with Crippen molar-refractivity contribution in [3.63, 3.8) is 0 Å². The molecule has 0 bridgehead atoms. The molecule has 1 aromatic heterocycles. The Bertz CT molecular complexity index is 382. The number of aliphatic imine (C=N–C) groups is 1. The summed E-state index contributed by atoms with van der Waals surface area (Å²) in [7, 11) is 0. The Hall–Kier alpha value is -1.03. The normalized spacial score (nSPS) is 13.7. The fraction of sp³-hybridized carbons (Fsp3) is 0.571. The Balaban J connectivity index is 2.36. The standard InChI is InChI=1S/C14H23N3S/c1-4-15-13(2)7-5-8-14-9-11-17(16-14)10-6-12-18-3/h4-5,8-9,11,13H,6-7,10,12H2,1-3H3/b8-5+,15-4?. The second kappa shape index (κ2) is 8.97. The lowest BCUT2D eigenvalue weighted by molar-refractivity contribution is 0.605. The predicted molar refractivity (Wildman–Crippen MR) is 82.5 cm³/mol. The van der Waals surface area contributed by atoms with Crippen molar-refractivity contribution in [2.24, 2.45) is 4.99 Å². The molecule has 1 atom stereocenters. The van der Waals surface area contributed by atoms with E-state index in [9.17, 15) is 0 Å². The van der Waals surface area contributed by atoms with E-state index in [1.165, 1.54) is 12.2 Å². The number of thioether (sulfide) groups is 1. The molecule has 3 nitrogen and oxygen atoms in total. The Morgan fingerprint density at radius 3 is 3.11 bits per heavy atom. The molecular formula is C14H23N3S. The van der Waals surface area contributed by atoms with Crippen molar-refractivity contribution in [2.75, 3.05) is 12.0 Å². The van der Waals surface area contributed by atoms with E-state index in [2.05, 4.69) is 41.5 Å². The molecule has 1 rings (SSSR count). The first-order valence-electron chi connectivity index (χ1n) is 6.43. The van der Waals surface area contributed by atoms with Crippen LogP contribution in [0.25, 0.3) is 6.08 Å². The van der Waals surface area contributed by atoms with Gasteiger partial charge in [0.2, 0.25) is 0 Å². The fourth-order valence-electron chi connectivity index (χ4n) is 1.66. The van der Waals surface area contributed by atoms with Crippen LogP contribution in [0.4, 0.5) is 0 Å². The molecule has 1 aromatic rings. The maximum absolute atomic E-state index is 4.51. The van der Waals surface area contributed by atoms with Gasteiger partial charge in [-0.25, -0.2) is 0 Å². The van der Waals surface area contributed by atoms with Gasteiger partial charge < -0.3 is 0 Å². The lowest BCUT2D eigenvalue weighted by Crippen LogP contribution is -1.99. The first-order chi connectivity index (χ1) is 8.76. The van der Waals surface area contributed by atoms with Gasteiger partial charge in [-0.1, -0.05) is 6.08 Å². The lowest BCUT2D eigenvalue weighted by atomic mass is 10.2. The molecule has 0 saturated heterocycles. The van der Waals surface area contributed by atoms with E-state index in [0.29, 0.717) is 6.04 Å². The van der Waals surface area contributed by atoms with E-state index < -0.39 is 0 Å². The molecule has 4 heteroatoms. The fourth-order valence-corrected chi connectivity index (χ4v) is 2.08. The molecule has 1 heterocycles. The van der Waals surface area contributed by atoms with Gasteiger partial charge in [-0.15, -0.1) is 0 Å². The average molecular weight is 265 g/mol. The molecule has 0 amide bonds. The minimum Gasteiger partial charge on any atom is -0.294 e. The number of nitrogens with zero attached hydrogens (tertiary/aromatic N) is 3. The first-order valence-corrected chi connectivity index (χ1v) is 7.82. The van der Waals surface area contributed by atoms with Crippen molar-refractivity contribution in [3.8, 4) is 0 Å². The second-order valence-electron chi connectivity index (χ2n) is 4.24. The highest BCUT2D eigenvalue weighted by Crippen LogP contribution is 2.04. The zero-order valence-corrected chi connectivity index (χ0v) is 12.4. The van der Waals surface area contributed by atoms with Crippen molar-refractivity contribution in [1.29, 1.82) is 0 Å². The molecule has 0 aliphatic heterocycles. The van der Waals surface area contributed by atoms with Gasteiger partial charge in [0.1, 0.15) is 0 Å². The number of aromatic nitrogens is 2. The SMILES string of the molecule is CC=NC(C)C/C=C/c1ccn(CCCSC)n1. The van der Waals surface area contributed by atoms with Crippen LogP contribution >= 0.6 is 11.8 Å². The molecule has 100 valence electrons. The van der Waals surface area contributed by atoms with Crippen LogP contribution in [0.2, 0.25) is 0 Å². The molecule has 0 aromatic carbocycles. The van der Waals surface area contributed by atoms with Crippen LogP contribution in [0.15, 0.2) is 23.3 Å². The van der Waals surface area contributed by atoms with E-state index in [-0.39, 0.29) is 0 Å². The molecule has 0 N–H and O–H groups in total. The van der Waals surface area contributed by atoms with Crippen LogP contribution in [-0.2, 0) is 6.54 Å². The molecule has 0 saturated carbocycles. The summed E-state index contributed by atoms with van der Waals surface area (Å²) in [5.41, 5.74) is 1.03. The van der Waals surface area contributed by atoms with Crippen LogP contribution < -0.4 is 0 Å². The van der Waals surface area contributed by atoms with Crippen LogP contribution in [0.1, 0.15) is 32.4 Å². The van der Waals surface area contributed by atoms with Crippen LogP contribution in [0.3, 0.4) is 0 Å². The van der Waals surface area contributed by atoms with Gasteiger partial charge in [0.15, 0.2) is 0 Å². The van der Waals surface area contributed by atoms with Gasteiger partial charge in [-0.3, -0.25) is 9.67 Å². The highest BCUT2D eigenvalue weighted by atomic mass is 32.2. The molecule has 0 radical (unpaired) electrons. The summed E-state index contributed by atoms with van der Waals surface area (Å²) in [6, 6.07) is 2.42. The second-order valence-corrected chi connectivity index (χ2v) is 5.23. The quantitative estimate of drug-likeness (QED) is 0.532. The average Bonchev–Trinajstić information content (AvgIpc) is 2.78. The van der Waals surface area contributed by atoms with Crippen molar-refractivity contribution >= 4 is 24.1 Å². The van der Waals surface area contributed by atoms with Crippen molar-refractivity contribution in [3.05, 3.63) is 24.0 Å². The summed E-state index contributed by atoms with van der Waals surface area (Å²) in [6.07, 6.45) is 12.4. The van der Waals surface area contributed by atoms with E-state index in [4.69, 9.17) is 0 Å². The van der Waals surface area contributed by atoms with E-state index in [1.807, 2.05) is 35.8 Å². The zero-order valence-electron chi connectivity index (χ0n) is 11.5. The summed E-state index contributed by atoms with van der Waals surface area (Å²) >= 11 is 1.88. The highest BCUT2D eigenvalue weighted by molar-refractivity contribution is 7.98. The lowest BCUT2D eigenvalue weighted by Gasteiger charge is -1.99. The van der Waals surface area contributed by atoms with E-state index in [0.717, 1.165) is 18.7 Å². The van der Waals surface area contributed by atoms with Gasteiger partial charge in [-0.05, 0) is 57.1 Å². The van der Waals surface area contributed by atoms with Crippen molar-refractivity contribution in [2.45, 2.75) is 39.3 Å². The Morgan fingerprint density at radius 2 is 2.39 bits per heavy atom. The number of rotatable bonds is 8. The molecule has 18 heavy (non-hydrogen) atoms. The summed E-state index contributed by atoms with van der Waals surface area (Å²) in [5.74, 6) is 1.19. The molecule has 0 fully saturated rings. The Labute approximate surface area is 114 Å². The summed E-state index contributed by atoms with van der Waals surface area (Å²) in [5, 5.41) is 4.51. The third-order valence-corrected chi connectivity index (χ3v) is 3.26. The van der Waals surface area contributed by atoms with Gasteiger partial charge in [-0.2, -0.15) is 16.9 Å². The minimum atomic E-state index is 0.356. The third kappa shape index (κ3) is 6.05. The first kappa shape index (κ1) is 15.0. The van der Waals surface area contributed by atoms with Crippen LogP contribution in [-0.4, -0.2) is 34.0 Å². The molecule has 0 aliphatic rings. The smallest absolute Gasteiger partial charge is 0.0847 e. The maximum atomic E-state index is 4.51. The third-order valence-electron chi connectivity index (χ3n) is 2.57. The van der Waals surface area contributed by atoms with E-state index in [1.54, 1.807) is 0 Å². The van der Waals surface area contributed by atoms with Gasteiger partial charge in [0, 0.05) is 12.7 Å². The summed E-state index contributed by atoms with van der Waals surface area (Å²) in [6.45, 7) is 5.08. The number of hydrogen-bond acceptors (Lipinski definition) is 3. The van der Waals surface area contributed by atoms with Gasteiger partial charge in [0.25, 0.3) is 0 Å². The largest absolute Gasteiger partial charge is 0.294 e. The van der Waals surface area contributed by atoms with Gasteiger partial charge >= 0.3 is 0 Å². The minimum absolute atomic E-state index is 0.356. The van der Waals surface area contributed by atoms with Crippen LogP contribution in [0, 0.1) is 0 Å². The molecular weight excluding hydrogens is 242 g/mol. The monoisotopic (exact) mass is 265 g/mol. The van der Waals surface area contributed by atoms with Crippen molar-refractivity contribution < 1.29 is 0 Å². The summed E-state index contributed by atoms with van der Waals surface area (Å²) in [4.78, 5) is 4.31. The number of hydrogen-bond donors (Lipinski definition) is 0. The molecule has 0 spiro atoms. The maximum Gasteiger partial charge on any atom is 0.0847 e. The summed E-state index contributed by atoms with van der Waals surface area (Å²) < 4.78 is 2.02. The zero-order chi connectivity index (χ0) is 13.2. The highest BCUT2D eigenvalue weighted by Gasteiger charge is 1.96.